The second-order valence-corrected chi connectivity index (χ2v) is 6.34. The number of nitrogens with zero attached hydrogens (tertiary/aromatic N) is 3. The smallest absolute Gasteiger partial charge is 0.191 e. The van der Waals surface area contributed by atoms with Gasteiger partial charge in [0, 0.05) is 32.2 Å². The summed E-state index contributed by atoms with van der Waals surface area (Å²) in [7, 11) is 1.78. The van der Waals surface area contributed by atoms with Crippen molar-refractivity contribution in [2.24, 2.45) is 4.99 Å². The Bertz CT molecular complexity index is 931. The Morgan fingerprint density at radius 3 is 2.86 bits per heavy atom. The number of para-hydroxylation sites is 3. The van der Waals surface area contributed by atoms with Crippen molar-refractivity contribution in [1.29, 1.82) is 0 Å². The highest BCUT2D eigenvalue weighted by Gasteiger charge is 2.05. The van der Waals surface area contributed by atoms with E-state index in [2.05, 4.69) is 37.8 Å². The molecular formula is C22H27N5O. The Kier molecular flexibility index (Phi) is 7.07. The Labute approximate surface area is 166 Å². The van der Waals surface area contributed by atoms with E-state index in [1.165, 1.54) is 5.52 Å². The number of fused-ring (bicyclic) bond motifs is 1. The van der Waals surface area contributed by atoms with Crippen molar-refractivity contribution in [1.82, 2.24) is 20.2 Å². The van der Waals surface area contributed by atoms with Crippen molar-refractivity contribution in [3.63, 3.8) is 0 Å². The molecule has 0 radical (unpaired) electrons. The van der Waals surface area contributed by atoms with Gasteiger partial charge in [0.2, 0.25) is 0 Å². The van der Waals surface area contributed by atoms with Gasteiger partial charge in [-0.05, 0) is 24.6 Å². The minimum absolute atomic E-state index is 0.493. The predicted octanol–water partition coefficient (Wildman–Crippen LogP) is 3.36. The van der Waals surface area contributed by atoms with Gasteiger partial charge < -0.3 is 19.9 Å². The van der Waals surface area contributed by atoms with Crippen LogP contribution in [0.25, 0.3) is 11.0 Å². The highest BCUT2D eigenvalue weighted by molar-refractivity contribution is 5.79. The number of benzene rings is 2. The fourth-order valence-electron chi connectivity index (χ4n) is 2.98. The van der Waals surface area contributed by atoms with Gasteiger partial charge in [-0.15, -0.1) is 0 Å². The van der Waals surface area contributed by atoms with Crippen molar-refractivity contribution in [3.05, 3.63) is 73.1 Å². The SMILES string of the molecule is C=CCOc1ccccc1CNC(=NC)NCCCn1cnc2ccccc21. The molecule has 0 aliphatic heterocycles. The Hall–Kier alpha value is -3.28. The third-order valence-corrected chi connectivity index (χ3v) is 4.39. The summed E-state index contributed by atoms with van der Waals surface area (Å²) in [6.45, 7) is 6.55. The van der Waals surface area contributed by atoms with Gasteiger partial charge >= 0.3 is 0 Å². The third kappa shape index (κ3) is 5.13. The average molecular weight is 377 g/mol. The number of hydrogen-bond donors (Lipinski definition) is 2. The number of rotatable bonds is 9. The van der Waals surface area contributed by atoms with E-state index in [4.69, 9.17) is 4.74 Å². The molecule has 28 heavy (non-hydrogen) atoms. The second-order valence-electron chi connectivity index (χ2n) is 6.34. The van der Waals surface area contributed by atoms with Crippen LogP contribution in [0.5, 0.6) is 5.75 Å². The molecule has 0 atom stereocenters. The molecule has 0 saturated carbocycles. The molecule has 1 aromatic heterocycles. The standard InChI is InChI=1S/C22H27N5O/c1-3-15-28-21-12-7-4-9-18(21)16-25-22(23-2)24-13-8-14-27-17-26-19-10-5-6-11-20(19)27/h3-7,9-12,17H,1,8,13-16H2,2H3,(H2,23,24,25). The van der Waals surface area contributed by atoms with Crippen LogP contribution in [0.3, 0.4) is 0 Å². The lowest BCUT2D eigenvalue weighted by Crippen LogP contribution is -2.37. The lowest BCUT2D eigenvalue weighted by Gasteiger charge is -2.14. The highest BCUT2D eigenvalue weighted by atomic mass is 16.5. The third-order valence-electron chi connectivity index (χ3n) is 4.39. The van der Waals surface area contributed by atoms with Crippen LogP contribution in [0.15, 0.2) is 72.5 Å². The van der Waals surface area contributed by atoms with E-state index in [0.717, 1.165) is 42.3 Å². The Morgan fingerprint density at radius 1 is 1.18 bits per heavy atom. The van der Waals surface area contributed by atoms with Gasteiger partial charge in [0.1, 0.15) is 12.4 Å². The maximum Gasteiger partial charge on any atom is 0.191 e. The number of aryl methyl sites for hydroxylation is 1. The summed E-state index contributed by atoms with van der Waals surface area (Å²) in [5.74, 6) is 1.63. The van der Waals surface area contributed by atoms with E-state index in [0.29, 0.717) is 13.2 Å². The molecule has 2 aromatic carbocycles. The van der Waals surface area contributed by atoms with Crippen LogP contribution in [-0.4, -0.2) is 35.7 Å². The monoisotopic (exact) mass is 377 g/mol. The number of nitrogens with one attached hydrogen (secondary N) is 2. The Balaban J connectivity index is 1.46. The largest absolute Gasteiger partial charge is 0.489 e. The molecule has 6 heteroatoms. The van der Waals surface area contributed by atoms with Crippen LogP contribution >= 0.6 is 0 Å². The quantitative estimate of drug-likeness (QED) is 0.260. The lowest BCUT2D eigenvalue weighted by molar-refractivity contribution is 0.358. The van der Waals surface area contributed by atoms with Crippen LogP contribution in [-0.2, 0) is 13.1 Å². The number of aromatic nitrogens is 2. The Morgan fingerprint density at radius 2 is 2.00 bits per heavy atom. The zero-order valence-electron chi connectivity index (χ0n) is 16.3. The van der Waals surface area contributed by atoms with Gasteiger partial charge in [-0.3, -0.25) is 4.99 Å². The van der Waals surface area contributed by atoms with E-state index < -0.39 is 0 Å². The maximum atomic E-state index is 5.70. The summed E-state index contributed by atoms with van der Waals surface area (Å²) in [6.07, 6.45) is 4.62. The summed E-state index contributed by atoms with van der Waals surface area (Å²) in [5.41, 5.74) is 3.28. The predicted molar refractivity (Wildman–Crippen MR) is 115 cm³/mol. The zero-order valence-corrected chi connectivity index (χ0v) is 16.3. The summed E-state index contributed by atoms with van der Waals surface area (Å²) in [4.78, 5) is 8.73. The minimum atomic E-state index is 0.493. The summed E-state index contributed by atoms with van der Waals surface area (Å²) in [6, 6.07) is 16.2. The second kappa shape index (κ2) is 10.2. The van der Waals surface area contributed by atoms with Crippen molar-refractivity contribution < 1.29 is 4.74 Å². The highest BCUT2D eigenvalue weighted by Crippen LogP contribution is 2.17. The molecule has 0 fully saturated rings. The van der Waals surface area contributed by atoms with Gasteiger partial charge in [0.05, 0.1) is 17.4 Å². The van der Waals surface area contributed by atoms with Crippen LogP contribution < -0.4 is 15.4 Å². The summed E-state index contributed by atoms with van der Waals surface area (Å²) in [5, 5.41) is 6.70. The molecule has 0 aliphatic rings. The van der Waals surface area contributed by atoms with Gasteiger partial charge in [-0.1, -0.05) is 43.0 Å². The van der Waals surface area contributed by atoms with Gasteiger partial charge in [0.25, 0.3) is 0 Å². The molecule has 146 valence electrons. The fraction of sp³-hybridized carbons (Fsp3) is 0.273. The molecule has 0 amide bonds. The number of ether oxygens (including phenoxy) is 1. The summed E-state index contributed by atoms with van der Waals surface area (Å²) < 4.78 is 7.88. The number of hydrogen-bond acceptors (Lipinski definition) is 3. The van der Waals surface area contributed by atoms with Gasteiger partial charge in [-0.25, -0.2) is 4.98 Å². The molecule has 6 nitrogen and oxygen atoms in total. The lowest BCUT2D eigenvalue weighted by atomic mass is 10.2. The molecule has 0 aliphatic carbocycles. The number of aliphatic imine (C=N–C) groups is 1. The first-order valence-electron chi connectivity index (χ1n) is 9.48. The molecule has 0 saturated heterocycles. The molecule has 0 bridgehead atoms. The fourth-order valence-corrected chi connectivity index (χ4v) is 2.98. The van der Waals surface area contributed by atoms with Crippen molar-refractivity contribution in [2.45, 2.75) is 19.5 Å². The van der Waals surface area contributed by atoms with Crippen LogP contribution in [0, 0.1) is 0 Å². The van der Waals surface area contributed by atoms with Gasteiger partial charge in [-0.2, -0.15) is 0 Å². The van der Waals surface area contributed by atoms with Gasteiger partial charge in [0.15, 0.2) is 5.96 Å². The molecule has 1 heterocycles. The summed E-state index contributed by atoms with van der Waals surface area (Å²) >= 11 is 0. The van der Waals surface area contributed by atoms with Crippen molar-refractivity contribution in [2.75, 3.05) is 20.2 Å². The number of imidazole rings is 1. The van der Waals surface area contributed by atoms with E-state index in [1.807, 2.05) is 48.8 Å². The van der Waals surface area contributed by atoms with E-state index >= 15 is 0 Å². The van der Waals surface area contributed by atoms with Crippen molar-refractivity contribution >= 4 is 17.0 Å². The molecule has 3 rings (SSSR count). The van der Waals surface area contributed by atoms with Crippen LogP contribution in [0.2, 0.25) is 0 Å². The molecule has 0 unspecified atom stereocenters. The first-order chi connectivity index (χ1) is 13.8. The maximum absolute atomic E-state index is 5.70. The minimum Gasteiger partial charge on any atom is -0.489 e. The normalized spacial score (nSPS) is 11.4. The van der Waals surface area contributed by atoms with E-state index in [9.17, 15) is 0 Å². The molecule has 3 aromatic rings. The molecule has 0 spiro atoms. The van der Waals surface area contributed by atoms with Crippen molar-refractivity contribution in [3.8, 4) is 5.75 Å². The first kappa shape index (κ1) is 19.5. The van der Waals surface area contributed by atoms with Crippen LogP contribution in [0.4, 0.5) is 0 Å². The zero-order chi connectivity index (χ0) is 19.6. The topological polar surface area (TPSA) is 63.5 Å². The first-order valence-corrected chi connectivity index (χ1v) is 9.48. The number of guanidine groups is 1. The van der Waals surface area contributed by atoms with E-state index in [-0.39, 0.29) is 0 Å². The molecular weight excluding hydrogens is 350 g/mol. The van der Waals surface area contributed by atoms with E-state index in [1.54, 1.807) is 13.1 Å². The molecule has 2 N–H and O–H groups in total. The van der Waals surface area contributed by atoms with Crippen LogP contribution in [0.1, 0.15) is 12.0 Å². The average Bonchev–Trinajstić information content (AvgIpc) is 3.15.